The van der Waals surface area contributed by atoms with Gasteiger partial charge >= 0.3 is 0 Å². The molecule has 0 amide bonds. The summed E-state index contributed by atoms with van der Waals surface area (Å²) < 4.78 is 0. The molecule has 0 heterocycles. The molecule has 0 atom stereocenters. The van der Waals surface area contributed by atoms with Crippen molar-refractivity contribution >= 4 is 21.5 Å². The molecule has 1 aliphatic rings. The lowest BCUT2D eigenvalue weighted by atomic mass is 9.70. The number of aryl methyl sites for hydroxylation is 1. The van der Waals surface area contributed by atoms with E-state index in [0.717, 1.165) is 0 Å². The molecule has 0 saturated heterocycles. The van der Waals surface area contributed by atoms with Crippen LogP contribution in [0, 0.1) is 6.92 Å². The second-order valence-corrected chi connectivity index (χ2v) is 13.7. The number of hydrogen-bond acceptors (Lipinski definition) is 0. The molecule has 5 aromatic carbocycles. The lowest BCUT2D eigenvalue weighted by Gasteiger charge is -2.33. The molecule has 0 N–H and O–H groups in total. The van der Waals surface area contributed by atoms with Gasteiger partial charge in [0.2, 0.25) is 0 Å². The van der Waals surface area contributed by atoms with Gasteiger partial charge in [0.15, 0.2) is 0 Å². The van der Waals surface area contributed by atoms with Gasteiger partial charge in [-0.15, -0.1) is 0 Å². The van der Waals surface area contributed by atoms with Gasteiger partial charge in [-0.1, -0.05) is 169 Å². The van der Waals surface area contributed by atoms with Crippen LogP contribution in [-0.4, -0.2) is 0 Å². The first-order chi connectivity index (χ1) is 21.6. The van der Waals surface area contributed by atoms with Crippen LogP contribution in [-0.2, 0) is 5.41 Å². The van der Waals surface area contributed by atoms with Crippen LogP contribution in [0.25, 0.3) is 43.8 Å². The first-order valence-electron chi connectivity index (χ1n) is 17.8. The fourth-order valence-electron chi connectivity index (χ4n) is 8.07. The van der Waals surface area contributed by atoms with Crippen LogP contribution in [0.3, 0.4) is 0 Å². The molecule has 0 fully saturated rings. The molecule has 0 unspecified atom stereocenters. The number of unbranched alkanes of at least 4 members (excludes halogenated alkanes) is 10. The van der Waals surface area contributed by atoms with E-state index in [0.29, 0.717) is 0 Å². The van der Waals surface area contributed by atoms with Gasteiger partial charge in [0.1, 0.15) is 0 Å². The van der Waals surface area contributed by atoms with Gasteiger partial charge in [-0.2, -0.15) is 0 Å². The largest absolute Gasteiger partial charge is 0.0654 e. The molecule has 1 aliphatic carbocycles. The summed E-state index contributed by atoms with van der Waals surface area (Å²) in [6, 6.07) is 35.2. The molecular weight excluding hydrogens is 528 g/mol. The maximum atomic E-state index is 2.61. The van der Waals surface area contributed by atoms with E-state index in [4.69, 9.17) is 0 Å². The van der Waals surface area contributed by atoms with E-state index in [-0.39, 0.29) is 5.41 Å². The Kier molecular flexibility index (Phi) is 9.85. The maximum absolute atomic E-state index is 2.61. The normalized spacial score (nSPS) is 13.4. The van der Waals surface area contributed by atoms with Gasteiger partial charge in [0.25, 0.3) is 0 Å². The first-order valence-corrected chi connectivity index (χ1v) is 17.8. The third-order valence-corrected chi connectivity index (χ3v) is 10.5. The fourth-order valence-corrected chi connectivity index (χ4v) is 8.07. The summed E-state index contributed by atoms with van der Waals surface area (Å²) in [4.78, 5) is 0. The van der Waals surface area contributed by atoms with Crippen molar-refractivity contribution in [3.05, 3.63) is 108 Å². The van der Waals surface area contributed by atoms with Gasteiger partial charge in [-0.3, -0.25) is 0 Å². The summed E-state index contributed by atoms with van der Waals surface area (Å²) in [5, 5.41) is 5.31. The minimum atomic E-state index is 0.111. The highest BCUT2D eigenvalue weighted by atomic mass is 14.4. The lowest BCUT2D eigenvalue weighted by Crippen LogP contribution is -2.25. The molecule has 228 valence electrons. The van der Waals surface area contributed by atoms with Crippen molar-refractivity contribution in [2.24, 2.45) is 0 Å². The smallest absolute Gasteiger partial charge is 0.0215 e. The summed E-state index contributed by atoms with van der Waals surface area (Å²) in [5.74, 6) is 0. The van der Waals surface area contributed by atoms with Crippen molar-refractivity contribution in [3.8, 4) is 22.3 Å². The highest BCUT2D eigenvalue weighted by molar-refractivity contribution is 6.05. The average Bonchev–Trinajstić information content (AvgIpc) is 3.31. The van der Waals surface area contributed by atoms with Crippen LogP contribution < -0.4 is 0 Å². The van der Waals surface area contributed by atoms with Crippen LogP contribution in [0.4, 0.5) is 0 Å². The van der Waals surface area contributed by atoms with Crippen LogP contribution in [0.15, 0.2) is 91.0 Å². The van der Waals surface area contributed by atoms with E-state index < -0.39 is 0 Å². The van der Waals surface area contributed by atoms with E-state index >= 15 is 0 Å². The molecule has 5 aromatic rings. The van der Waals surface area contributed by atoms with Gasteiger partial charge in [0, 0.05) is 5.41 Å². The number of hydrogen-bond donors (Lipinski definition) is 0. The lowest BCUT2D eigenvalue weighted by molar-refractivity contribution is 0.398. The SMILES string of the molecule is CCCCCCCCC1(CCCCCCCC)c2cc(C)ccc2-c2ccc(-c3cccc4cc5ccccc5cc34)cc21. The second-order valence-electron chi connectivity index (χ2n) is 13.7. The minimum absolute atomic E-state index is 0.111. The van der Waals surface area contributed by atoms with Crippen molar-refractivity contribution in [1.29, 1.82) is 0 Å². The van der Waals surface area contributed by atoms with Gasteiger partial charge in [-0.25, -0.2) is 0 Å². The van der Waals surface area contributed by atoms with Crippen LogP contribution in [0.5, 0.6) is 0 Å². The summed E-state index contributed by atoms with van der Waals surface area (Å²) in [6.07, 6.45) is 18.8. The number of benzene rings is 5. The Morgan fingerprint density at radius 3 is 1.70 bits per heavy atom. The van der Waals surface area contributed by atoms with Gasteiger partial charge in [-0.05, 0) is 92.9 Å². The molecule has 0 bridgehead atoms. The second kappa shape index (κ2) is 14.2. The van der Waals surface area contributed by atoms with E-state index in [1.807, 2.05) is 0 Å². The van der Waals surface area contributed by atoms with E-state index in [2.05, 4.69) is 112 Å². The van der Waals surface area contributed by atoms with Crippen LogP contribution >= 0.6 is 0 Å². The summed E-state index contributed by atoms with van der Waals surface area (Å²) >= 11 is 0. The Balaban J connectivity index is 1.42. The average molecular weight is 581 g/mol. The van der Waals surface area contributed by atoms with Gasteiger partial charge in [0.05, 0.1) is 0 Å². The fraction of sp³-hybridized carbons (Fsp3) is 0.409. The number of fused-ring (bicyclic) bond motifs is 5. The topological polar surface area (TPSA) is 0 Å². The standard InChI is InChI=1S/C44H52/c1-4-6-8-10-12-16-27-44(28-17-13-11-9-7-5-2)42-29-33(3)23-25-39(42)40-26-24-37(32-43(40)44)38-22-18-21-36-30-34-19-14-15-20-35(34)31-41(36)38/h14-15,18-26,29-32H,4-13,16-17,27-28H2,1-3H3. The zero-order valence-corrected chi connectivity index (χ0v) is 27.6. The predicted octanol–water partition coefficient (Wildman–Crippen LogP) is 13.7. The molecule has 44 heavy (non-hydrogen) atoms. The molecule has 0 nitrogen and oxygen atoms in total. The number of rotatable bonds is 15. The third-order valence-electron chi connectivity index (χ3n) is 10.5. The molecule has 0 spiro atoms. The Hall–Kier alpha value is -3.38. The van der Waals surface area contributed by atoms with Gasteiger partial charge < -0.3 is 0 Å². The van der Waals surface area contributed by atoms with Crippen LogP contribution in [0.1, 0.15) is 120 Å². The van der Waals surface area contributed by atoms with E-state index in [1.165, 1.54) is 139 Å². The quantitative estimate of drug-likeness (QED) is 0.0853. The van der Waals surface area contributed by atoms with Crippen molar-refractivity contribution in [2.75, 3.05) is 0 Å². The highest BCUT2D eigenvalue weighted by Crippen LogP contribution is 2.55. The predicted molar refractivity (Wildman–Crippen MR) is 194 cm³/mol. The summed E-state index contributed by atoms with van der Waals surface area (Å²) in [5.41, 5.74) is 10.4. The molecule has 6 rings (SSSR count). The molecular formula is C44H52. The zero-order valence-electron chi connectivity index (χ0n) is 27.6. The maximum Gasteiger partial charge on any atom is 0.0215 e. The van der Waals surface area contributed by atoms with Crippen molar-refractivity contribution in [1.82, 2.24) is 0 Å². The monoisotopic (exact) mass is 580 g/mol. The third kappa shape index (κ3) is 6.24. The van der Waals surface area contributed by atoms with Crippen molar-refractivity contribution in [2.45, 2.75) is 116 Å². The summed E-state index contributed by atoms with van der Waals surface area (Å²) in [6.45, 7) is 6.93. The van der Waals surface area contributed by atoms with E-state index in [9.17, 15) is 0 Å². The first kappa shape index (κ1) is 30.6. The van der Waals surface area contributed by atoms with E-state index in [1.54, 1.807) is 11.1 Å². The molecule has 0 aromatic heterocycles. The van der Waals surface area contributed by atoms with Crippen molar-refractivity contribution < 1.29 is 0 Å². The molecule has 0 aliphatic heterocycles. The van der Waals surface area contributed by atoms with Crippen LogP contribution in [0.2, 0.25) is 0 Å². The van der Waals surface area contributed by atoms with Crippen molar-refractivity contribution in [3.63, 3.8) is 0 Å². The highest BCUT2D eigenvalue weighted by Gasteiger charge is 2.42. The summed E-state index contributed by atoms with van der Waals surface area (Å²) in [7, 11) is 0. The molecule has 0 radical (unpaired) electrons. The zero-order chi connectivity index (χ0) is 30.4. The Labute approximate surface area is 266 Å². The Morgan fingerprint density at radius 1 is 0.455 bits per heavy atom. The molecule has 0 saturated carbocycles. The Morgan fingerprint density at radius 2 is 1.02 bits per heavy atom. The minimum Gasteiger partial charge on any atom is -0.0654 e. The Bertz CT molecular complexity index is 1690. The molecule has 0 heteroatoms.